The van der Waals surface area contributed by atoms with Crippen LogP contribution in [0.3, 0.4) is 0 Å². The van der Waals surface area contributed by atoms with E-state index >= 15 is 0 Å². The third kappa shape index (κ3) is 6.60. The summed E-state index contributed by atoms with van der Waals surface area (Å²) in [5, 5.41) is 0. The number of benzene rings is 2. The molecule has 0 aliphatic heterocycles. The third-order valence-electron chi connectivity index (χ3n) is 4.07. The van der Waals surface area contributed by atoms with Crippen LogP contribution in [0.4, 0.5) is 0 Å². The molecule has 156 valence electrons. The summed E-state index contributed by atoms with van der Waals surface area (Å²) in [6.45, 7) is 1.73. The summed E-state index contributed by atoms with van der Waals surface area (Å²) < 4.78 is 21.3. The number of aryl methyl sites for hydroxylation is 2. The molecule has 0 fully saturated rings. The Hall–Kier alpha value is -3.42. The lowest BCUT2D eigenvalue weighted by Gasteiger charge is -2.14. The third-order valence-corrected chi connectivity index (χ3v) is 4.07. The van der Waals surface area contributed by atoms with E-state index in [1.165, 1.54) is 21.3 Å². The second-order valence-corrected chi connectivity index (χ2v) is 6.24. The van der Waals surface area contributed by atoms with Gasteiger partial charge in [0.05, 0.1) is 21.3 Å². The first-order chi connectivity index (χ1) is 14.0. The Morgan fingerprint density at radius 1 is 0.897 bits per heavy atom. The molecular weight excluding hydrogens is 376 g/mol. The number of hydrazine groups is 1. The molecule has 2 amide bonds. The predicted molar refractivity (Wildman–Crippen MR) is 107 cm³/mol. The summed E-state index contributed by atoms with van der Waals surface area (Å²) in [5.41, 5.74) is 6.58. The van der Waals surface area contributed by atoms with Gasteiger partial charge in [-0.3, -0.25) is 20.4 Å². The minimum absolute atomic E-state index is 0.164. The average Bonchev–Trinajstić information content (AvgIpc) is 2.73. The van der Waals surface area contributed by atoms with Gasteiger partial charge in [0.1, 0.15) is 5.75 Å². The Bertz CT molecular complexity index is 828. The van der Waals surface area contributed by atoms with E-state index in [2.05, 4.69) is 10.9 Å². The zero-order valence-electron chi connectivity index (χ0n) is 17.0. The van der Waals surface area contributed by atoms with E-state index in [-0.39, 0.29) is 18.9 Å². The van der Waals surface area contributed by atoms with E-state index < -0.39 is 5.91 Å². The molecule has 2 N–H and O–H groups in total. The lowest BCUT2D eigenvalue weighted by Crippen LogP contribution is -2.43. The average molecular weight is 402 g/mol. The normalized spacial score (nSPS) is 10.1. The molecule has 0 atom stereocenters. The van der Waals surface area contributed by atoms with Crippen LogP contribution in [0.25, 0.3) is 0 Å². The van der Waals surface area contributed by atoms with Crippen LogP contribution in [0, 0.1) is 6.92 Å². The Morgan fingerprint density at radius 2 is 1.55 bits per heavy atom. The van der Waals surface area contributed by atoms with E-state index in [0.717, 1.165) is 11.1 Å². The first-order valence-corrected chi connectivity index (χ1v) is 9.02. The number of methoxy groups -OCH3 is 3. The number of hydrogen-bond donors (Lipinski definition) is 2. The number of ether oxygens (including phenoxy) is 4. The molecule has 0 aliphatic carbocycles. The van der Waals surface area contributed by atoms with Crippen LogP contribution in [0.15, 0.2) is 36.4 Å². The Morgan fingerprint density at radius 3 is 2.14 bits per heavy atom. The topological polar surface area (TPSA) is 95.1 Å². The smallest absolute Gasteiger partial charge is 0.276 e. The fourth-order valence-corrected chi connectivity index (χ4v) is 2.63. The molecule has 2 aromatic carbocycles. The van der Waals surface area contributed by atoms with Crippen LogP contribution < -0.4 is 29.8 Å². The minimum Gasteiger partial charge on any atom is -0.493 e. The van der Waals surface area contributed by atoms with Crippen molar-refractivity contribution in [2.75, 3.05) is 27.9 Å². The van der Waals surface area contributed by atoms with Crippen molar-refractivity contribution in [3.63, 3.8) is 0 Å². The van der Waals surface area contributed by atoms with Crippen LogP contribution in [0.2, 0.25) is 0 Å². The highest BCUT2D eigenvalue weighted by molar-refractivity contribution is 5.82. The maximum absolute atomic E-state index is 12.0. The summed E-state index contributed by atoms with van der Waals surface area (Å²) in [6.07, 6.45) is 0.593. The maximum Gasteiger partial charge on any atom is 0.276 e. The number of carbonyl (C=O) groups is 2. The minimum atomic E-state index is -0.451. The van der Waals surface area contributed by atoms with Crippen molar-refractivity contribution in [1.29, 1.82) is 0 Å². The van der Waals surface area contributed by atoms with Crippen LogP contribution in [0.1, 0.15) is 17.5 Å². The molecule has 0 saturated heterocycles. The van der Waals surface area contributed by atoms with Gasteiger partial charge < -0.3 is 18.9 Å². The second kappa shape index (κ2) is 10.8. The lowest BCUT2D eigenvalue weighted by atomic mass is 10.1. The maximum atomic E-state index is 12.0. The molecule has 0 radical (unpaired) electrons. The summed E-state index contributed by atoms with van der Waals surface area (Å²) in [7, 11) is 4.59. The summed E-state index contributed by atoms with van der Waals surface area (Å²) in [6, 6.07) is 10.9. The Labute approximate surface area is 170 Å². The molecule has 0 saturated carbocycles. The Kier molecular flexibility index (Phi) is 8.14. The van der Waals surface area contributed by atoms with Gasteiger partial charge in [-0.2, -0.15) is 0 Å². The van der Waals surface area contributed by atoms with Gasteiger partial charge in [0.15, 0.2) is 18.1 Å². The van der Waals surface area contributed by atoms with E-state index in [1.807, 2.05) is 25.1 Å². The molecule has 8 heteroatoms. The van der Waals surface area contributed by atoms with Gasteiger partial charge in [-0.1, -0.05) is 12.1 Å². The zero-order valence-corrected chi connectivity index (χ0v) is 17.0. The zero-order chi connectivity index (χ0) is 21.2. The molecule has 0 heterocycles. The second-order valence-electron chi connectivity index (χ2n) is 6.24. The van der Waals surface area contributed by atoms with Gasteiger partial charge in [0, 0.05) is 6.42 Å². The Balaban J connectivity index is 1.80. The van der Waals surface area contributed by atoms with Crippen molar-refractivity contribution >= 4 is 11.8 Å². The number of amides is 2. The number of rotatable bonds is 9. The van der Waals surface area contributed by atoms with Gasteiger partial charge in [-0.25, -0.2) is 0 Å². The molecule has 0 unspecified atom stereocenters. The largest absolute Gasteiger partial charge is 0.493 e. The summed E-state index contributed by atoms with van der Waals surface area (Å²) in [4.78, 5) is 23.8. The van der Waals surface area contributed by atoms with Gasteiger partial charge in [-0.15, -0.1) is 0 Å². The molecule has 0 spiro atoms. The molecule has 2 aromatic rings. The first-order valence-electron chi connectivity index (χ1n) is 9.02. The molecule has 29 heavy (non-hydrogen) atoms. The van der Waals surface area contributed by atoms with Gasteiger partial charge in [-0.05, 0) is 48.7 Å². The molecule has 0 bridgehead atoms. The SMILES string of the molecule is COc1cc(CCC(=O)NNC(=O)COc2cccc(C)c2)cc(OC)c1OC. The molecule has 0 aromatic heterocycles. The van der Waals surface area contributed by atoms with Gasteiger partial charge >= 0.3 is 0 Å². The summed E-state index contributed by atoms with van der Waals surface area (Å²) in [5.74, 6) is 1.33. The van der Waals surface area contributed by atoms with Crippen molar-refractivity contribution in [3.8, 4) is 23.0 Å². The van der Waals surface area contributed by atoms with Gasteiger partial charge in [0.2, 0.25) is 11.7 Å². The van der Waals surface area contributed by atoms with Crippen LogP contribution in [-0.2, 0) is 16.0 Å². The van der Waals surface area contributed by atoms with Crippen molar-refractivity contribution in [2.24, 2.45) is 0 Å². The van der Waals surface area contributed by atoms with Crippen LogP contribution >= 0.6 is 0 Å². The number of hydrogen-bond acceptors (Lipinski definition) is 6. The van der Waals surface area contributed by atoms with E-state index in [1.54, 1.807) is 18.2 Å². The van der Waals surface area contributed by atoms with E-state index in [4.69, 9.17) is 18.9 Å². The standard InChI is InChI=1S/C21H26N2O6/c1-14-6-5-7-16(10-14)29-13-20(25)23-22-19(24)9-8-15-11-17(26-2)21(28-4)18(12-15)27-3/h5-7,10-12H,8-9,13H2,1-4H3,(H,22,24)(H,23,25). The van der Waals surface area contributed by atoms with Crippen LogP contribution in [-0.4, -0.2) is 39.8 Å². The van der Waals surface area contributed by atoms with Crippen molar-refractivity contribution in [3.05, 3.63) is 47.5 Å². The van der Waals surface area contributed by atoms with E-state index in [9.17, 15) is 9.59 Å². The van der Waals surface area contributed by atoms with Gasteiger partial charge in [0.25, 0.3) is 5.91 Å². The fourth-order valence-electron chi connectivity index (χ4n) is 2.63. The highest BCUT2D eigenvalue weighted by Gasteiger charge is 2.14. The number of nitrogens with one attached hydrogen (secondary N) is 2. The van der Waals surface area contributed by atoms with E-state index in [0.29, 0.717) is 29.4 Å². The van der Waals surface area contributed by atoms with Crippen LogP contribution in [0.5, 0.6) is 23.0 Å². The molecular formula is C21H26N2O6. The highest BCUT2D eigenvalue weighted by Crippen LogP contribution is 2.38. The van der Waals surface area contributed by atoms with Crippen molar-refractivity contribution in [2.45, 2.75) is 19.8 Å². The molecule has 8 nitrogen and oxygen atoms in total. The quantitative estimate of drug-likeness (QED) is 0.625. The fraction of sp³-hybridized carbons (Fsp3) is 0.333. The summed E-state index contributed by atoms with van der Waals surface area (Å²) >= 11 is 0. The number of carbonyl (C=O) groups excluding carboxylic acids is 2. The monoisotopic (exact) mass is 402 g/mol. The predicted octanol–water partition coefficient (Wildman–Crippen LogP) is 2.18. The van der Waals surface area contributed by atoms with Crippen molar-refractivity contribution in [1.82, 2.24) is 10.9 Å². The van der Waals surface area contributed by atoms with Crippen molar-refractivity contribution < 1.29 is 28.5 Å². The lowest BCUT2D eigenvalue weighted by molar-refractivity contribution is -0.130. The first kappa shape index (κ1) is 21.9. The molecule has 2 rings (SSSR count). The highest BCUT2D eigenvalue weighted by atomic mass is 16.5. The molecule has 0 aliphatic rings.